The number of hydrogen-bond acceptors (Lipinski definition) is 5. The van der Waals surface area contributed by atoms with Gasteiger partial charge in [0, 0.05) is 33.8 Å². The van der Waals surface area contributed by atoms with Gasteiger partial charge < -0.3 is 15.0 Å². The molecule has 0 atom stereocenters. The molecular weight excluding hydrogens is 270 g/mol. The fraction of sp³-hybridized carbons (Fsp3) is 0.364. The molecule has 0 spiro atoms. The molecule has 0 aliphatic rings. The maximum absolute atomic E-state index is 11.8. The minimum atomic E-state index is -4.06. The van der Waals surface area contributed by atoms with Crippen molar-refractivity contribution in [3.63, 3.8) is 0 Å². The molecule has 0 saturated heterocycles. The predicted octanol–water partition coefficient (Wildman–Crippen LogP) is 0.122. The number of hydrogen-bond donors (Lipinski definition) is 2. The lowest BCUT2D eigenvalue weighted by Gasteiger charge is -2.18. The van der Waals surface area contributed by atoms with Crippen molar-refractivity contribution >= 4 is 21.6 Å². The quantitative estimate of drug-likeness (QED) is 0.768. The minimum Gasteiger partial charge on any atom is -0.377 e. The number of nitrogens with zero attached hydrogens (tertiary/aromatic N) is 2. The van der Waals surface area contributed by atoms with Gasteiger partial charge in [0.25, 0.3) is 15.9 Å². The minimum absolute atomic E-state index is 0.160. The number of amides is 1. The van der Waals surface area contributed by atoms with E-state index < -0.39 is 10.0 Å². The van der Waals surface area contributed by atoms with Crippen molar-refractivity contribution in [2.24, 2.45) is 0 Å². The zero-order chi connectivity index (χ0) is 14.8. The van der Waals surface area contributed by atoms with Crippen molar-refractivity contribution in [3.05, 3.63) is 23.8 Å². The largest absolute Gasteiger partial charge is 0.377 e. The molecular formula is C11H17N3O4S. The highest BCUT2D eigenvalue weighted by Crippen LogP contribution is 2.25. The first kappa shape index (κ1) is 15.4. The molecule has 8 heteroatoms. The van der Waals surface area contributed by atoms with Crippen LogP contribution < -0.4 is 9.79 Å². The summed E-state index contributed by atoms with van der Waals surface area (Å²) in [5, 5.41) is 8.74. The van der Waals surface area contributed by atoms with E-state index in [2.05, 4.69) is 0 Å². The highest BCUT2D eigenvalue weighted by atomic mass is 32.2. The van der Waals surface area contributed by atoms with Gasteiger partial charge >= 0.3 is 0 Å². The van der Waals surface area contributed by atoms with Crippen LogP contribution in [0.25, 0.3) is 0 Å². The van der Waals surface area contributed by atoms with Gasteiger partial charge in [0.05, 0.1) is 5.69 Å². The fourth-order valence-corrected chi connectivity index (χ4v) is 2.45. The summed E-state index contributed by atoms with van der Waals surface area (Å²) in [6.07, 6.45) is 0. The lowest BCUT2D eigenvalue weighted by molar-refractivity contribution is 0.0827. The molecule has 0 saturated carbocycles. The number of carbonyl (C=O) groups excluding carboxylic acids is 1. The standard InChI is InChI=1S/C11H17N3O4S/c1-13(2)9-6-5-8(11(15)14(3)4)7-10(9)19(17,18)12-16/h5-7,12,16H,1-4H3. The molecule has 0 fully saturated rings. The maximum Gasteiger partial charge on any atom is 0.264 e. The summed E-state index contributed by atoms with van der Waals surface area (Å²) in [4.78, 5) is 15.9. The van der Waals surface area contributed by atoms with Gasteiger partial charge in [-0.2, -0.15) is 0 Å². The van der Waals surface area contributed by atoms with Gasteiger partial charge in [-0.3, -0.25) is 4.79 Å². The number of rotatable bonds is 4. The molecule has 0 aliphatic heterocycles. The van der Waals surface area contributed by atoms with Crippen LogP contribution in [0.15, 0.2) is 23.1 Å². The Morgan fingerprint density at radius 1 is 1.21 bits per heavy atom. The Balaban J connectivity index is 3.48. The van der Waals surface area contributed by atoms with Crippen LogP contribution in [0.4, 0.5) is 5.69 Å². The van der Waals surface area contributed by atoms with Crippen LogP contribution in [0.5, 0.6) is 0 Å². The van der Waals surface area contributed by atoms with Crippen molar-refractivity contribution in [3.8, 4) is 0 Å². The van der Waals surface area contributed by atoms with Crippen LogP contribution in [-0.4, -0.2) is 52.6 Å². The van der Waals surface area contributed by atoms with Crippen LogP contribution in [-0.2, 0) is 10.0 Å². The number of nitrogens with one attached hydrogen (secondary N) is 1. The molecule has 1 amide bonds. The Kier molecular flexibility index (Phi) is 4.51. The monoisotopic (exact) mass is 287 g/mol. The Morgan fingerprint density at radius 2 is 1.79 bits per heavy atom. The second-order valence-corrected chi connectivity index (χ2v) is 6.00. The summed E-state index contributed by atoms with van der Waals surface area (Å²) >= 11 is 0. The van der Waals surface area contributed by atoms with Gasteiger partial charge in [0.15, 0.2) is 0 Å². The van der Waals surface area contributed by atoms with E-state index in [-0.39, 0.29) is 16.4 Å². The van der Waals surface area contributed by atoms with E-state index in [0.29, 0.717) is 5.69 Å². The van der Waals surface area contributed by atoms with Crippen molar-refractivity contribution in [2.75, 3.05) is 33.1 Å². The van der Waals surface area contributed by atoms with Gasteiger partial charge in [-0.05, 0) is 18.2 Å². The molecule has 0 radical (unpaired) electrons. The normalized spacial score (nSPS) is 11.2. The van der Waals surface area contributed by atoms with Crippen molar-refractivity contribution in [1.29, 1.82) is 0 Å². The lowest BCUT2D eigenvalue weighted by Crippen LogP contribution is -2.25. The number of sulfonamides is 1. The van der Waals surface area contributed by atoms with Crippen molar-refractivity contribution in [2.45, 2.75) is 4.90 Å². The molecule has 0 heterocycles. The van der Waals surface area contributed by atoms with Gasteiger partial charge in [0.2, 0.25) is 0 Å². The fourth-order valence-electron chi connectivity index (χ4n) is 1.54. The van der Waals surface area contributed by atoms with Crippen molar-refractivity contribution < 1.29 is 18.4 Å². The number of anilines is 1. The third-order valence-corrected chi connectivity index (χ3v) is 3.65. The molecule has 19 heavy (non-hydrogen) atoms. The molecule has 0 aromatic heterocycles. The average molecular weight is 287 g/mol. The Hall–Kier alpha value is -1.64. The summed E-state index contributed by atoms with van der Waals surface area (Å²) in [5.74, 6) is -0.320. The van der Waals surface area contributed by atoms with E-state index >= 15 is 0 Å². The zero-order valence-electron chi connectivity index (χ0n) is 11.2. The van der Waals surface area contributed by atoms with Crippen molar-refractivity contribution in [1.82, 2.24) is 9.79 Å². The molecule has 1 rings (SSSR count). The number of carbonyl (C=O) groups is 1. The molecule has 0 unspecified atom stereocenters. The lowest BCUT2D eigenvalue weighted by atomic mass is 10.2. The van der Waals surface area contributed by atoms with Gasteiger partial charge in [-0.25, -0.2) is 8.42 Å². The Labute approximate surface area is 112 Å². The first-order chi connectivity index (χ1) is 8.70. The molecule has 1 aromatic rings. The van der Waals surface area contributed by atoms with Gasteiger partial charge in [-0.1, -0.05) is 4.89 Å². The first-order valence-corrected chi connectivity index (χ1v) is 6.88. The topological polar surface area (TPSA) is 90.0 Å². The molecule has 7 nitrogen and oxygen atoms in total. The third kappa shape index (κ3) is 3.22. The van der Waals surface area contributed by atoms with Crippen LogP contribution in [0, 0.1) is 0 Å². The zero-order valence-corrected chi connectivity index (χ0v) is 12.0. The Bertz CT molecular complexity index is 582. The average Bonchev–Trinajstić information content (AvgIpc) is 2.36. The molecule has 1 aromatic carbocycles. The van der Waals surface area contributed by atoms with E-state index in [1.807, 2.05) is 0 Å². The SMILES string of the molecule is CN(C)C(=O)c1ccc(N(C)C)c(S(=O)(=O)NO)c1. The number of benzene rings is 1. The van der Waals surface area contributed by atoms with E-state index in [4.69, 9.17) is 5.21 Å². The molecule has 106 valence electrons. The Morgan fingerprint density at radius 3 is 2.21 bits per heavy atom. The summed E-state index contributed by atoms with van der Waals surface area (Å²) < 4.78 is 23.5. The van der Waals surface area contributed by atoms with E-state index in [9.17, 15) is 13.2 Å². The molecule has 2 N–H and O–H groups in total. The highest BCUT2D eigenvalue weighted by Gasteiger charge is 2.21. The summed E-state index contributed by atoms with van der Waals surface area (Å²) in [7, 11) is 2.41. The summed E-state index contributed by atoms with van der Waals surface area (Å²) in [5.41, 5.74) is 0.598. The third-order valence-electron chi connectivity index (χ3n) is 2.50. The van der Waals surface area contributed by atoms with Crippen LogP contribution in [0.1, 0.15) is 10.4 Å². The summed E-state index contributed by atoms with van der Waals surface area (Å²) in [6, 6.07) is 4.28. The van der Waals surface area contributed by atoms with Crippen LogP contribution in [0.2, 0.25) is 0 Å². The highest BCUT2D eigenvalue weighted by molar-refractivity contribution is 7.89. The van der Waals surface area contributed by atoms with Gasteiger partial charge in [-0.15, -0.1) is 0 Å². The molecule has 0 aliphatic carbocycles. The van der Waals surface area contributed by atoms with Gasteiger partial charge in [0.1, 0.15) is 4.90 Å². The second-order valence-electron chi connectivity index (χ2n) is 4.37. The second kappa shape index (κ2) is 5.55. The van der Waals surface area contributed by atoms with Crippen LogP contribution >= 0.6 is 0 Å². The predicted molar refractivity (Wildman–Crippen MR) is 70.9 cm³/mol. The smallest absolute Gasteiger partial charge is 0.264 e. The van der Waals surface area contributed by atoms with E-state index in [1.165, 1.54) is 28.0 Å². The van der Waals surface area contributed by atoms with E-state index in [1.54, 1.807) is 33.1 Å². The first-order valence-electron chi connectivity index (χ1n) is 5.39. The molecule has 0 bridgehead atoms. The maximum atomic E-state index is 11.8. The van der Waals surface area contributed by atoms with Crippen LogP contribution in [0.3, 0.4) is 0 Å². The van der Waals surface area contributed by atoms with E-state index in [0.717, 1.165) is 0 Å². The summed E-state index contributed by atoms with van der Waals surface area (Å²) in [6.45, 7) is 0.